The molecule has 1 aromatic heterocycles. The van der Waals surface area contributed by atoms with Crippen molar-refractivity contribution in [2.75, 3.05) is 11.9 Å². The minimum absolute atomic E-state index is 0.214. The van der Waals surface area contributed by atoms with E-state index in [0.29, 0.717) is 39.6 Å². The van der Waals surface area contributed by atoms with Crippen molar-refractivity contribution in [1.82, 2.24) is 15.3 Å². The molecule has 0 aliphatic heterocycles. The fourth-order valence-corrected chi connectivity index (χ4v) is 2.40. The lowest BCUT2D eigenvalue weighted by Crippen LogP contribution is -2.25. The number of anilines is 2. The number of amides is 1. The first-order valence-electron chi connectivity index (χ1n) is 7.35. The molecule has 0 unspecified atom stereocenters. The van der Waals surface area contributed by atoms with Crippen LogP contribution < -0.4 is 10.6 Å². The predicted molar refractivity (Wildman–Crippen MR) is 93.8 cm³/mol. The molecule has 5 nitrogen and oxygen atoms in total. The second kappa shape index (κ2) is 8.13. The second-order valence-electron chi connectivity index (χ2n) is 5.04. The van der Waals surface area contributed by atoms with Crippen molar-refractivity contribution < 1.29 is 4.79 Å². The van der Waals surface area contributed by atoms with Gasteiger partial charge in [0.05, 0.1) is 10.7 Å². The van der Waals surface area contributed by atoms with Crippen LogP contribution in [-0.2, 0) is 0 Å². The minimum atomic E-state index is -0.214. The highest BCUT2D eigenvalue weighted by atomic mass is 35.5. The smallest absolute Gasteiger partial charge is 0.270 e. The summed E-state index contributed by atoms with van der Waals surface area (Å²) in [4.78, 5) is 20.6. The van der Waals surface area contributed by atoms with Gasteiger partial charge in [0.1, 0.15) is 17.3 Å². The van der Waals surface area contributed by atoms with Crippen LogP contribution in [0.1, 0.15) is 36.1 Å². The van der Waals surface area contributed by atoms with Crippen LogP contribution in [0, 0.1) is 6.92 Å². The first-order valence-corrected chi connectivity index (χ1v) is 8.11. The summed E-state index contributed by atoms with van der Waals surface area (Å²) >= 11 is 12.0. The molecule has 1 heterocycles. The number of aromatic nitrogens is 2. The van der Waals surface area contributed by atoms with Crippen molar-refractivity contribution in [1.29, 1.82) is 0 Å². The van der Waals surface area contributed by atoms with Crippen molar-refractivity contribution in [3.8, 4) is 0 Å². The molecule has 1 aromatic carbocycles. The van der Waals surface area contributed by atoms with E-state index < -0.39 is 0 Å². The number of benzene rings is 1. The molecular weight excluding hydrogens is 335 g/mol. The van der Waals surface area contributed by atoms with Crippen molar-refractivity contribution in [3.63, 3.8) is 0 Å². The normalized spacial score (nSPS) is 10.4. The van der Waals surface area contributed by atoms with Crippen molar-refractivity contribution in [3.05, 3.63) is 45.8 Å². The summed E-state index contributed by atoms with van der Waals surface area (Å²) in [7, 11) is 0. The lowest BCUT2D eigenvalue weighted by Gasteiger charge is -2.10. The van der Waals surface area contributed by atoms with Crippen molar-refractivity contribution in [2.45, 2.75) is 26.7 Å². The molecule has 0 aliphatic carbocycles. The summed E-state index contributed by atoms with van der Waals surface area (Å²) in [5.41, 5.74) is 0.979. The van der Waals surface area contributed by atoms with E-state index in [4.69, 9.17) is 23.2 Å². The molecule has 0 saturated carbocycles. The molecule has 0 radical (unpaired) electrons. The Labute approximate surface area is 145 Å². The third-order valence-corrected chi connectivity index (χ3v) is 3.63. The third-order valence-electron chi connectivity index (χ3n) is 3.08. The highest BCUT2D eigenvalue weighted by Crippen LogP contribution is 2.27. The molecule has 0 atom stereocenters. The van der Waals surface area contributed by atoms with Crippen LogP contribution >= 0.6 is 23.2 Å². The van der Waals surface area contributed by atoms with Crippen LogP contribution in [0.4, 0.5) is 11.5 Å². The number of rotatable bonds is 6. The first kappa shape index (κ1) is 17.5. The van der Waals surface area contributed by atoms with Gasteiger partial charge in [0, 0.05) is 17.6 Å². The quantitative estimate of drug-likeness (QED) is 0.757. The van der Waals surface area contributed by atoms with Gasteiger partial charge in [-0.3, -0.25) is 4.79 Å². The Bertz CT molecular complexity index is 706. The summed E-state index contributed by atoms with van der Waals surface area (Å²) in [5, 5.41) is 6.94. The molecule has 7 heteroatoms. The van der Waals surface area contributed by atoms with Crippen molar-refractivity contribution >= 4 is 40.6 Å². The van der Waals surface area contributed by atoms with Gasteiger partial charge in [0.2, 0.25) is 0 Å². The Hall–Kier alpha value is -1.85. The largest absolute Gasteiger partial charge is 0.351 e. The van der Waals surface area contributed by atoms with Crippen LogP contribution in [0.2, 0.25) is 10.0 Å². The Balaban J connectivity index is 2.18. The maximum atomic E-state index is 12.1. The van der Waals surface area contributed by atoms with Gasteiger partial charge in [0.25, 0.3) is 5.91 Å². The predicted octanol–water partition coefficient (Wildman–Crippen LogP) is 4.37. The van der Waals surface area contributed by atoms with Crippen LogP contribution in [0.3, 0.4) is 0 Å². The topological polar surface area (TPSA) is 66.9 Å². The number of carbonyl (C=O) groups excluding carboxylic acids is 1. The van der Waals surface area contributed by atoms with Crippen LogP contribution in [0.5, 0.6) is 0 Å². The summed E-state index contributed by atoms with van der Waals surface area (Å²) in [5.74, 6) is 0.789. The maximum Gasteiger partial charge on any atom is 0.270 e. The van der Waals surface area contributed by atoms with Gasteiger partial charge < -0.3 is 10.6 Å². The number of nitrogens with one attached hydrogen (secondary N) is 2. The Morgan fingerprint density at radius 2 is 2.00 bits per heavy atom. The standard InChI is InChI=1S/C16H18Cl2N4O/c1-3-4-7-19-16(23)14-9-15(21-10(2)20-14)22-13-6-5-11(17)8-12(13)18/h5-6,8-9H,3-4,7H2,1-2H3,(H,19,23)(H,20,21,22). The lowest BCUT2D eigenvalue weighted by atomic mass is 10.3. The zero-order valence-electron chi connectivity index (χ0n) is 13.0. The molecule has 0 bridgehead atoms. The van der Waals surface area contributed by atoms with Crippen LogP contribution in [0.15, 0.2) is 24.3 Å². The molecule has 2 rings (SSSR count). The van der Waals surface area contributed by atoms with Gasteiger partial charge >= 0.3 is 0 Å². The molecule has 0 spiro atoms. The highest BCUT2D eigenvalue weighted by Gasteiger charge is 2.11. The zero-order valence-corrected chi connectivity index (χ0v) is 14.5. The average molecular weight is 353 g/mol. The van der Waals surface area contributed by atoms with Gasteiger partial charge in [-0.1, -0.05) is 36.5 Å². The lowest BCUT2D eigenvalue weighted by molar-refractivity contribution is 0.0948. The van der Waals surface area contributed by atoms with Gasteiger partial charge in [-0.2, -0.15) is 0 Å². The molecule has 0 fully saturated rings. The number of hydrogen-bond donors (Lipinski definition) is 2. The summed E-state index contributed by atoms with van der Waals surface area (Å²) < 4.78 is 0. The molecular formula is C16H18Cl2N4O. The number of nitrogens with zero attached hydrogens (tertiary/aromatic N) is 2. The summed E-state index contributed by atoms with van der Waals surface area (Å²) in [6.45, 7) is 4.43. The fourth-order valence-electron chi connectivity index (χ4n) is 1.95. The number of aryl methyl sites for hydroxylation is 1. The minimum Gasteiger partial charge on any atom is -0.351 e. The number of halogens is 2. The highest BCUT2D eigenvalue weighted by molar-refractivity contribution is 6.36. The van der Waals surface area contributed by atoms with E-state index in [1.165, 1.54) is 0 Å². The van der Waals surface area contributed by atoms with E-state index >= 15 is 0 Å². The number of unbranched alkanes of at least 4 members (excludes halogenated alkanes) is 1. The molecule has 0 aliphatic rings. The van der Waals surface area contributed by atoms with Gasteiger partial charge in [-0.25, -0.2) is 9.97 Å². The number of carbonyl (C=O) groups is 1. The summed E-state index contributed by atoms with van der Waals surface area (Å²) in [6.07, 6.45) is 1.95. The van der Waals surface area contributed by atoms with Gasteiger partial charge in [0.15, 0.2) is 0 Å². The second-order valence-corrected chi connectivity index (χ2v) is 5.89. The Kier molecular flexibility index (Phi) is 6.19. The van der Waals surface area contributed by atoms with Gasteiger partial charge in [-0.05, 0) is 31.5 Å². The summed E-state index contributed by atoms with van der Waals surface area (Å²) in [6, 6.07) is 6.71. The monoisotopic (exact) mass is 352 g/mol. The van der Waals surface area contributed by atoms with E-state index in [1.807, 2.05) is 0 Å². The zero-order chi connectivity index (χ0) is 16.8. The van der Waals surface area contributed by atoms with E-state index in [9.17, 15) is 4.79 Å². The first-order chi connectivity index (χ1) is 11.0. The van der Waals surface area contributed by atoms with Crippen molar-refractivity contribution in [2.24, 2.45) is 0 Å². The fraction of sp³-hybridized carbons (Fsp3) is 0.312. The van der Waals surface area contributed by atoms with E-state index in [0.717, 1.165) is 12.8 Å². The van der Waals surface area contributed by atoms with Crippen LogP contribution in [-0.4, -0.2) is 22.4 Å². The third kappa shape index (κ3) is 5.08. The van der Waals surface area contributed by atoms with Gasteiger partial charge in [-0.15, -0.1) is 0 Å². The Morgan fingerprint density at radius 3 is 2.70 bits per heavy atom. The van der Waals surface area contributed by atoms with E-state index in [-0.39, 0.29) is 5.91 Å². The molecule has 1 amide bonds. The van der Waals surface area contributed by atoms with E-state index in [2.05, 4.69) is 27.5 Å². The van der Waals surface area contributed by atoms with E-state index in [1.54, 1.807) is 31.2 Å². The molecule has 2 N–H and O–H groups in total. The maximum absolute atomic E-state index is 12.1. The molecule has 122 valence electrons. The molecule has 23 heavy (non-hydrogen) atoms. The number of hydrogen-bond acceptors (Lipinski definition) is 4. The average Bonchev–Trinajstić information content (AvgIpc) is 2.50. The SMILES string of the molecule is CCCCNC(=O)c1cc(Nc2ccc(Cl)cc2Cl)nc(C)n1. The Morgan fingerprint density at radius 1 is 1.22 bits per heavy atom. The van der Waals surface area contributed by atoms with Crippen LogP contribution in [0.25, 0.3) is 0 Å². The molecule has 0 saturated heterocycles. The molecule has 2 aromatic rings.